The lowest BCUT2D eigenvalue weighted by atomic mass is 10.3. The maximum atomic E-state index is 11.5. The van der Waals surface area contributed by atoms with E-state index in [4.69, 9.17) is 39.5 Å². The van der Waals surface area contributed by atoms with Crippen molar-refractivity contribution in [3.8, 4) is 11.6 Å². The van der Waals surface area contributed by atoms with Crippen LogP contribution in [-0.2, 0) is 0 Å². The van der Waals surface area contributed by atoms with Crippen molar-refractivity contribution in [3.63, 3.8) is 0 Å². The Kier molecular flexibility index (Phi) is 3.83. The Balaban J connectivity index is 2.38. The predicted molar refractivity (Wildman–Crippen MR) is 67.7 cm³/mol. The summed E-state index contributed by atoms with van der Waals surface area (Å²) in [5.74, 6) is 0.148. The monoisotopic (exact) mass is 308 g/mol. The predicted octanol–water partition coefficient (Wildman–Crippen LogP) is 3.65. The van der Waals surface area contributed by atoms with Gasteiger partial charge in [0.05, 0.1) is 11.7 Å². The molecule has 88 valence electrons. The average molecular weight is 310 g/mol. The summed E-state index contributed by atoms with van der Waals surface area (Å²) in [5, 5.41) is 0.598. The summed E-state index contributed by atoms with van der Waals surface area (Å²) in [6, 6.07) is 4.56. The maximum absolute atomic E-state index is 11.5. The number of aromatic nitrogens is 2. The van der Waals surface area contributed by atoms with E-state index in [1.807, 2.05) is 0 Å². The van der Waals surface area contributed by atoms with Crippen LogP contribution in [0.5, 0.6) is 11.6 Å². The van der Waals surface area contributed by atoms with Crippen molar-refractivity contribution in [1.82, 2.24) is 8.75 Å². The van der Waals surface area contributed by atoms with Gasteiger partial charge in [-0.2, -0.15) is 4.37 Å². The molecule has 0 N–H and O–H groups in total. The van der Waals surface area contributed by atoms with Crippen LogP contribution < -0.4 is 10.2 Å². The first-order chi connectivity index (χ1) is 8.06. The topological polar surface area (TPSA) is 52.1 Å². The fraction of sp³-hybridized carbons (Fsp3) is 0. The van der Waals surface area contributed by atoms with Gasteiger partial charge in [-0.15, -0.1) is 4.37 Å². The molecule has 0 spiro atoms. The van der Waals surface area contributed by atoms with Crippen molar-refractivity contribution in [1.29, 1.82) is 0 Å². The van der Waals surface area contributed by atoms with Gasteiger partial charge in [-0.05, 0) is 18.2 Å². The molecule has 2 rings (SSSR count). The zero-order valence-electron chi connectivity index (χ0n) is 7.99. The normalized spacial score (nSPS) is 10.3. The van der Waals surface area contributed by atoms with Crippen molar-refractivity contribution in [3.05, 3.63) is 43.6 Å². The summed E-state index contributed by atoms with van der Waals surface area (Å²) in [6.07, 6.45) is 0. The Morgan fingerprint density at radius 3 is 2.35 bits per heavy atom. The Labute approximate surface area is 115 Å². The van der Waals surface area contributed by atoms with Crippen LogP contribution in [0.25, 0.3) is 0 Å². The van der Waals surface area contributed by atoms with Gasteiger partial charge in [0.2, 0.25) is 0 Å². The van der Waals surface area contributed by atoms with Crippen molar-refractivity contribution in [2.45, 2.75) is 0 Å². The van der Waals surface area contributed by atoms with E-state index in [1.165, 1.54) is 12.1 Å². The Morgan fingerprint density at radius 1 is 1.06 bits per heavy atom. The van der Waals surface area contributed by atoms with Crippen molar-refractivity contribution in [2.75, 3.05) is 0 Å². The first-order valence-electron chi connectivity index (χ1n) is 4.22. The molecule has 0 aliphatic carbocycles. The van der Waals surface area contributed by atoms with Crippen LogP contribution in [0, 0.1) is 0 Å². The highest BCUT2D eigenvalue weighted by atomic mass is 35.5. The van der Waals surface area contributed by atoms with Crippen molar-refractivity contribution >= 4 is 46.5 Å². The van der Waals surface area contributed by atoms with E-state index >= 15 is 0 Å². The largest absolute Gasteiger partial charge is 0.435 e. The fourth-order valence-corrected chi connectivity index (χ4v) is 2.10. The third-order valence-electron chi connectivity index (χ3n) is 1.68. The lowest BCUT2D eigenvalue weighted by Crippen LogP contribution is -2.07. The van der Waals surface area contributed by atoms with Gasteiger partial charge in [-0.3, -0.25) is 4.79 Å². The third-order valence-corrected chi connectivity index (χ3v) is 2.98. The molecule has 0 saturated carbocycles. The molecule has 0 atom stereocenters. The smallest absolute Gasteiger partial charge is 0.283 e. The molecule has 1 heterocycles. The number of nitrogens with zero attached hydrogens (tertiary/aromatic N) is 2. The summed E-state index contributed by atoms with van der Waals surface area (Å²) in [4.78, 5) is 11.5. The fourth-order valence-electron chi connectivity index (χ4n) is 1.03. The van der Waals surface area contributed by atoms with Gasteiger partial charge in [0.1, 0.15) is 5.75 Å². The molecule has 0 amide bonds. The second kappa shape index (κ2) is 5.18. The standard InChI is InChI=1S/C9H3Cl3N2O2S/c10-4-1-5(11)3-6(2-4)16-9-7(15)8(12)13-17-14-9/h1-3H. The van der Waals surface area contributed by atoms with E-state index in [0.717, 1.165) is 11.7 Å². The number of benzene rings is 1. The van der Waals surface area contributed by atoms with Crippen LogP contribution in [0.1, 0.15) is 0 Å². The molecule has 0 aliphatic rings. The zero-order valence-corrected chi connectivity index (χ0v) is 11.1. The molecule has 8 heteroatoms. The molecule has 0 bridgehead atoms. The summed E-state index contributed by atoms with van der Waals surface area (Å²) in [7, 11) is 0. The van der Waals surface area contributed by atoms with Crippen LogP contribution in [0.3, 0.4) is 0 Å². The SMILES string of the molecule is O=c1c(Cl)nsnc1Oc1cc(Cl)cc(Cl)c1. The molecule has 2 aromatic rings. The summed E-state index contributed by atoms with van der Waals surface area (Å²) in [5.41, 5.74) is -0.582. The molecular formula is C9H3Cl3N2O2S. The average Bonchev–Trinajstić information content (AvgIpc) is 2.23. The molecule has 17 heavy (non-hydrogen) atoms. The number of hydrogen-bond donors (Lipinski definition) is 0. The molecule has 0 unspecified atom stereocenters. The highest BCUT2D eigenvalue weighted by Crippen LogP contribution is 2.26. The number of rotatable bonds is 2. The maximum Gasteiger partial charge on any atom is 0.283 e. The highest BCUT2D eigenvalue weighted by molar-refractivity contribution is 6.99. The van der Waals surface area contributed by atoms with Crippen molar-refractivity contribution in [2.24, 2.45) is 0 Å². The Bertz CT molecular complexity index is 597. The third kappa shape index (κ3) is 3.07. The Hall–Kier alpha value is -0.880. The number of ether oxygens (including phenoxy) is 1. The van der Waals surface area contributed by atoms with E-state index in [9.17, 15) is 4.79 Å². The second-order valence-corrected chi connectivity index (χ2v) is 4.66. The minimum Gasteiger partial charge on any atom is -0.435 e. The lowest BCUT2D eigenvalue weighted by molar-refractivity contribution is 0.462. The summed E-state index contributed by atoms with van der Waals surface area (Å²) in [6.45, 7) is 0. The zero-order chi connectivity index (χ0) is 12.4. The molecule has 0 saturated heterocycles. The molecule has 0 aliphatic heterocycles. The van der Waals surface area contributed by atoms with Gasteiger partial charge >= 0.3 is 0 Å². The van der Waals surface area contributed by atoms with Gasteiger partial charge in [0.25, 0.3) is 11.3 Å². The van der Waals surface area contributed by atoms with Gasteiger partial charge in [-0.1, -0.05) is 34.8 Å². The molecule has 0 radical (unpaired) electrons. The van der Waals surface area contributed by atoms with E-state index in [-0.39, 0.29) is 11.0 Å². The molecule has 1 aromatic heterocycles. The highest BCUT2D eigenvalue weighted by Gasteiger charge is 2.10. The van der Waals surface area contributed by atoms with Crippen molar-refractivity contribution < 1.29 is 4.74 Å². The molecule has 4 nitrogen and oxygen atoms in total. The van der Waals surface area contributed by atoms with E-state index < -0.39 is 5.43 Å². The molecule has 1 aromatic carbocycles. The van der Waals surface area contributed by atoms with Crippen LogP contribution in [0.15, 0.2) is 23.0 Å². The van der Waals surface area contributed by atoms with Gasteiger partial charge in [0.15, 0.2) is 5.15 Å². The van der Waals surface area contributed by atoms with Crippen LogP contribution in [-0.4, -0.2) is 8.75 Å². The first-order valence-corrected chi connectivity index (χ1v) is 6.09. The summed E-state index contributed by atoms with van der Waals surface area (Å²) < 4.78 is 12.5. The lowest BCUT2D eigenvalue weighted by Gasteiger charge is -2.04. The second-order valence-electron chi connectivity index (χ2n) is 2.90. The molecular weight excluding hydrogens is 307 g/mol. The van der Waals surface area contributed by atoms with Gasteiger partial charge in [0, 0.05) is 10.0 Å². The molecule has 0 fully saturated rings. The van der Waals surface area contributed by atoms with E-state index in [1.54, 1.807) is 6.07 Å². The minimum atomic E-state index is -0.582. The van der Waals surface area contributed by atoms with Crippen LogP contribution in [0.2, 0.25) is 15.2 Å². The number of hydrogen-bond acceptors (Lipinski definition) is 5. The summed E-state index contributed by atoms with van der Waals surface area (Å²) >= 11 is 17.9. The van der Waals surface area contributed by atoms with Gasteiger partial charge < -0.3 is 4.74 Å². The number of halogens is 3. The van der Waals surface area contributed by atoms with E-state index in [2.05, 4.69) is 8.75 Å². The quantitative estimate of drug-likeness (QED) is 0.849. The first kappa shape index (κ1) is 12.6. The van der Waals surface area contributed by atoms with Crippen LogP contribution in [0.4, 0.5) is 0 Å². The van der Waals surface area contributed by atoms with Gasteiger partial charge in [-0.25, -0.2) is 0 Å². The van der Waals surface area contributed by atoms with Crippen LogP contribution >= 0.6 is 46.5 Å². The minimum absolute atomic E-state index is 0.159. The Morgan fingerprint density at radius 2 is 1.71 bits per heavy atom. The van der Waals surface area contributed by atoms with E-state index in [0.29, 0.717) is 15.8 Å².